The standard InChI is InChI=1S/C12H21NO/c1-4-6-11(2)7-5-8-12(3)9-10-13-14/h7,9-10,14H,4-6,8H2,1-3H3/b11-7?,12-9+,13-10+. The van der Waals surface area contributed by atoms with Crippen LogP contribution in [0, 0.1) is 0 Å². The van der Waals surface area contributed by atoms with Gasteiger partial charge in [0.15, 0.2) is 0 Å². The molecule has 14 heavy (non-hydrogen) atoms. The van der Waals surface area contributed by atoms with Gasteiger partial charge >= 0.3 is 0 Å². The van der Waals surface area contributed by atoms with Gasteiger partial charge in [-0.1, -0.05) is 35.7 Å². The molecule has 1 N–H and O–H groups in total. The third kappa shape index (κ3) is 7.59. The van der Waals surface area contributed by atoms with Crippen molar-refractivity contribution in [3.05, 3.63) is 23.3 Å². The first kappa shape index (κ1) is 12.9. The molecule has 0 saturated heterocycles. The van der Waals surface area contributed by atoms with Crippen molar-refractivity contribution in [1.29, 1.82) is 0 Å². The van der Waals surface area contributed by atoms with E-state index in [2.05, 4.69) is 25.1 Å². The molecule has 0 radical (unpaired) electrons. The van der Waals surface area contributed by atoms with Gasteiger partial charge < -0.3 is 5.21 Å². The van der Waals surface area contributed by atoms with Crippen LogP contribution in [0.3, 0.4) is 0 Å². The van der Waals surface area contributed by atoms with E-state index < -0.39 is 0 Å². The van der Waals surface area contributed by atoms with Crippen LogP contribution in [0.4, 0.5) is 0 Å². The van der Waals surface area contributed by atoms with Gasteiger partial charge in [0, 0.05) is 0 Å². The molecule has 80 valence electrons. The summed E-state index contributed by atoms with van der Waals surface area (Å²) in [4.78, 5) is 0. The molecule has 0 aromatic heterocycles. The third-order valence-corrected chi connectivity index (χ3v) is 2.10. The first-order valence-electron chi connectivity index (χ1n) is 5.19. The SMILES string of the molecule is CCCC(C)=CCC/C(C)=C/C=N/O. The summed E-state index contributed by atoms with van der Waals surface area (Å²) in [5, 5.41) is 11.1. The van der Waals surface area contributed by atoms with Crippen LogP contribution in [0.1, 0.15) is 46.5 Å². The molecule has 0 spiro atoms. The highest BCUT2D eigenvalue weighted by Gasteiger charge is 1.89. The normalized spacial score (nSPS) is 13.9. The Hall–Kier alpha value is -1.05. The minimum Gasteiger partial charge on any atom is -0.411 e. The molecule has 0 heterocycles. The predicted octanol–water partition coefficient (Wildman–Crippen LogP) is 3.92. The number of hydrogen-bond donors (Lipinski definition) is 1. The summed E-state index contributed by atoms with van der Waals surface area (Å²) in [6.07, 6.45) is 10.1. The van der Waals surface area contributed by atoms with Gasteiger partial charge in [-0.25, -0.2) is 0 Å². The van der Waals surface area contributed by atoms with Crippen LogP contribution in [-0.4, -0.2) is 11.4 Å². The van der Waals surface area contributed by atoms with Gasteiger partial charge in [-0.2, -0.15) is 0 Å². The zero-order valence-electron chi connectivity index (χ0n) is 9.45. The van der Waals surface area contributed by atoms with E-state index in [-0.39, 0.29) is 0 Å². The average Bonchev–Trinajstić information content (AvgIpc) is 2.15. The summed E-state index contributed by atoms with van der Waals surface area (Å²) in [5.41, 5.74) is 2.71. The van der Waals surface area contributed by atoms with Gasteiger partial charge in [-0.15, -0.1) is 0 Å². The van der Waals surface area contributed by atoms with Crippen LogP contribution in [0.25, 0.3) is 0 Å². The summed E-state index contributed by atoms with van der Waals surface area (Å²) < 4.78 is 0. The van der Waals surface area contributed by atoms with Crippen LogP contribution >= 0.6 is 0 Å². The lowest BCUT2D eigenvalue weighted by Gasteiger charge is -1.99. The van der Waals surface area contributed by atoms with Crippen molar-refractivity contribution in [1.82, 2.24) is 0 Å². The molecule has 2 heteroatoms. The first-order valence-corrected chi connectivity index (χ1v) is 5.19. The summed E-state index contributed by atoms with van der Waals surface area (Å²) in [6.45, 7) is 6.42. The zero-order valence-corrected chi connectivity index (χ0v) is 9.45. The van der Waals surface area contributed by atoms with Gasteiger partial charge in [-0.05, 0) is 39.2 Å². The van der Waals surface area contributed by atoms with Crippen molar-refractivity contribution in [3.63, 3.8) is 0 Å². The Labute approximate surface area is 87.0 Å². The lowest BCUT2D eigenvalue weighted by atomic mass is 10.1. The third-order valence-electron chi connectivity index (χ3n) is 2.10. The quantitative estimate of drug-likeness (QED) is 0.296. The fourth-order valence-electron chi connectivity index (χ4n) is 1.29. The maximum atomic E-state index is 8.21. The number of hydrogen-bond acceptors (Lipinski definition) is 2. The molecule has 0 atom stereocenters. The Morgan fingerprint density at radius 1 is 1.21 bits per heavy atom. The molecular formula is C12H21NO. The van der Waals surface area contributed by atoms with Gasteiger partial charge in [-0.3, -0.25) is 0 Å². The number of allylic oxidation sites excluding steroid dienone is 4. The Bertz CT molecular complexity index is 226. The summed E-state index contributed by atoms with van der Waals surface area (Å²) >= 11 is 0. The van der Waals surface area contributed by atoms with E-state index in [1.54, 1.807) is 0 Å². The molecule has 0 rings (SSSR count). The maximum absolute atomic E-state index is 8.21. The van der Waals surface area contributed by atoms with Gasteiger partial charge in [0.1, 0.15) is 0 Å². The summed E-state index contributed by atoms with van der Waals surface area (Å²) in [5.74, 6) is 0. The van der Waals surface area contributed by atoms with E-state index in [0.717, 1.165) is 12.8 Å². The molecule has 0 unspecified atom stereocenters. The van der Waals surface area contributed by atoms with E-state index in [1.165, 1.54) is 30.2 Å². The Morgan fingerprint density at radius 3 is 2.50 bits per heavy atom. The largest absolute Gasteiger partial charge is 0.411 e. The fraction of sp³-hybridized carbons (Fsp3) is 0.583. The van der Waals surface area contributed by atoms with Gasteiger partial charge in [0.2, 0.25) is 0 Å². The van der Waals surface area contributed by atoms with Crippen LogP contribution in [0.2, 0.25) is 0 Å². The van der Waals surface area contributed by atoms with Crippen molar-refractivity contribution < 1.29 is 5.21 Å². The van der Waals surface area contributed by atoms with E-state index in [4.69, 9.17) is 5.21 Å². The molecule has 0 bridgehead atoms. The Kier molecular flexibility index (Phi) is 7.90. The lowest BCUT2D eigenvalue weighted by Crippen LogP contribution is -1.80. The molecule has 0 aromatic rings. The van der Waals surface area contributed by atoms with Crippen LogP contribution in [0.15, 0.2) is 28.5 Å². The van der Waals surface area contributed by atoms with Gasteiger partial charge in [0.05, 0.1) is 6.21 Å². The Morgan fingerprint density at radius 2 is 1.93 bits per heavy atom. The zero-order chi connectivity index (χ0) is 10.8. The highest BCUT2D eigenvalue weighted by atomic mass is 16.4. The van der Waals surface area contributed by atoms with E-state index in [0.29, 0.717) is 0 Å². The van der Waals surface area contributed by atoms with Crippen molar-refractivity contribution in [3.8, 4) is 0 Å². The molecule has 0 saturated carbocycles. The van der Waals surface area contributed by atoms with E-state index >= 15 is 0 Å². The maximum Gasteiger partial charge on any atom is 0.0660 e. The minimum atomic E-state index is 1.03. The Balaban J connectivity index is 3.77. The van der Waals surface area contributed by atoms with Crippen LogP contribution in [-0.2, 0) is 0 Å². The molecule has 2 nitrogen and oxygen atoms in total. The number of oxime groups is 1. The molecular weight excluding hydrogens is 174 g/mol. The monoisotopic (exact) mass is 195 g/mol. The second kappa shape index (κ2) is 8.54. The highest BCUT2D eigenvalue weighted by Crippen LogP contribution is 2.09. The summed E-state index contributed by atoms with van der Waals surface area (Å²) in [6, 6.07) is 0. The molecule has 0 aromatic carbocycles. The number of rotatable bonds is 6. The summed E-state index contributed by atoms with van der Waals surface area (Å²) in [7, 11) is 0. The molecule has 0 fully saturated rings. The van der Waals surface area contributed by atoms with Crippen molar-refractivity contribution in [2.45, 2.75) is 46.5 Å². The minimum absolute atomic E-state index is 1.03. The number of nitrogens with zero attached hydrogens (tertiary/aromatic N) is 1. The van der Waals surface area contributed by atoms with Gasteiger partial charge in [0.25, 0.3) is 0 Å². The second-order valence-corrected chi connectivity index (χ2v) is 3.62. The van der Waals surface area contributed by atoms with Crippen LogP contribution < -0.4 is 0 Å². The molecule has 0 aliphatic rings. The topological polar surface area (TPSA) is 32.6 Å². The average molecular weight is 195 g/mol. The van der Waals surface area contributed by atoms with Crippen molar-refractivity contribution in [2.24, 2.45) is 5.16 Å². The van der Waals surface area contributed by atoms with Crippen molar-refractivity contribution in [2.75, 3.05) is 0 Å². The van der Waals surface area contributed by atoms with E-state index in [9.17, 15) is 0 Å². The molecule has 0 aliphatic heterocycles. The molecule has 0 aliphatic carbocycles. The van der Waals surface area contributed by atoms with Crippen molar-refractivity contribution >= 4 is 6.21 Å². The predicted molar refractivity (Wildman–Crippen MR) is 61.9 cm³/mol. The fourth-order valence-corrected chi connectivity index (χ4v) is 1.29. The highest BCUT2D eigenvalue weighted by molar-refractivity contribution is 5.71. The van der Waals surface area contributed by atoms with E-state index in [1.807, 2.05) is 13.0 Å². The smallest absolute Gasteiger partial charge is 0.0660 e. The first-order chi connectivity index (χ1) is 6.70. The lowest BCUT2D eigenvalue weighted by molar-refractivity contribution is 0.322. The van der Waals surface area contributed by atoms with Crippen LogP contribution in [0.5, 0.6) is 0 Å². The molecule has 0 amide bonds. The second-order valence-electron chi connectivity index (χ2n) is 3.62.